The summed E-state index contributed by atoms with van der Waals surface area (Å²) in [5.41, 5.74) is 0.483. The summed E-state index contributed by atoms with van der Waals surface area (Å²) in [6, 6.07) is 5.11. The van der Waals surface area contributed by atoms with Crippen LogP contribution in [0.3, 0.4) is 0 Å². The van der Waals surface area contributed by atoms with E-state index in [2.05, 4.69) is 0 Å². The minimum atomic E-state index is -0.250. The van der Waals surface area contributed by atoms with Gasteiger partial charge in [-0.05, 0) is 55.2 Å². The molecule has 0 saturated heterocycles. The van der Waals surface area contributed by atoms with Crippen LogP contribution < -0.4 is 9.47 Å². The number of hydrogen-bond acceptors (Lipinski definition) is 5. The molecular formula is C20H24O5. The fourth-order valence-corrected chi connectivity index (χ4v) is 4.47. The summed E-state index contributed by atoms with van der Waals surface area (Å²) in [4.78, 5) is 24.4. The number of hydrogen-bond donors (Lipinski definition) is 0. The molecule has 0 amide bonds. The Morgan fingerprint density at radius 3 is 2.68 bits per heavy atom. The van der Waals surface area contributed by atoms with Crippen molar-refractivity contribution >= 4 is 11.8 Å². The molecule has 5 heteroatoms. The Morgan fingerprint density at radius 2 is 1.92 bits per heavy atom. The van der Waals surface area contributed by atoms with Crippen molar-refractivity contribution in [2.24, 2.45) is 17.8 Å². The van der Waals surface area contributed by atoms with Crippen molar-refractivity contribution in [3.8, 4) is 11.5 Å². The summed E-state index contributed by atoms with van der Waals surface area (Å²) >= 11 is 0. The highest BCUT2D eigenvalue weighted by molar-refractivity contribution is 5.98. The summed E-state index contributed by atoms with van der Waals surface area (Å²) in [7, 11) is 0. The average molecular weight is 344 g/mol. The van der Waals surface area contributed by atoms with Crippen molar-refractivity contribution < 1.29 is 23.8 Å². The van der Waals surface area contributed by atoms with E-state index >= 15 is 0 Å². The van der Waals surface area contributed by atoms with Crippen LogP contribution in [0.4, 0.5) is 0 Å². The van der Waals surface area contributed by atoms with Gasteiger partial charge >= 0.3 is 5.97 Å². The summed E-state index contributed by atoms with van der Waals surface area (Å²) in [6.07, 6.45) is 6.26. The van der Waals surface area contributed by atoms with E-state index in [1.807, 2.05) is 0 Å². The molecule has 2 fully saturated rings. The summed E-state index contributed by atoms with van der Waals surface area (Å²) < 4.78 is 16.4. The molecule has 3 atom stereocenters. The lowest BCUT2D eigenvalue weighted by Gasteiger charge is -2.20. The predicted octanol–water partition coefficient (Wildman–Crippen LogP) is 3.40. The normalized spacial score (nSPS) is 27.0. The van der Waals surface area contributed by atoms with Gasteiger partial charge in [0, 0.05) is 18.4 Å². The van der Waals surface area contributed by atoms with E-state index < -0.39 is 0 Å². The van der Waals surface area contributed by atoms with Crippen molar-refractivity contribution in [2.45, 2.75) is 38.5 Å². The number of esters is 1. The molecule has 0 spiro atoms. The molecule has 0 unspecified atom stereocenters. The Balaban J connectivity index is 1.30. The molecule has 2 saturated carbocycles. The lowest BCUT2D eigenvalue weighted by atomic mass is 9.86. The van der Waals surface area contributed by atoms with Gasteiger partial charge in [0.15, 0.2) is 23.9 Å². The second-order valence-electron chi connectivity index (χ2n) is 7.43. The molecule has 0 aromatic heterocycles. The van der Waals surface area contributed by atoms with E-state index in [0.717, 1.165) is 18.8 Å². The first-order valence-corrected chi connectivity index (χ1v) is 9.27. The largest absolute Gasteiger partial charge is 0.490 e. The van der Waals surface area contributed by atoms with Crippen LogP contribution in [0.1, 0.15) is 48.9 Å². The molecule has 4 rings (SSSR count). The number of benzene rings is 1. The molecule has 25 heavy (non-hydrogen) atoms. The Morgan fingerprint density at radius 1 is 1.08 bits per heavy atom. The van der Waals surface area contributed by atoms with Gasteiger partial charge in [0.05, 0.1) is 13.2 Å². The lowest BCUT2D eigenvalue weighted by Crippen LogP contribution is -2.19. The quantitative estimate of drug-likeness (QED) is 0.605. The van der Waals surface area contributed by atoms with Gasteiger partial charge in [-0.25, -0.2) is 0 Å². The third-order valence-electron chi connectivity index (χ3n) is 5.75. The molecule has 2 aliphatic carbocycles. The number of rotatable bonds is 5. The highest BCUT2D eigenvalue weighted by atomic mass is 16.5. The summed E-state index contributed by atoms with van der Waals surface area (Å²) in [6.45, 7) is 0.976. The van der Waals surface area contributed by atoms with E-state index in [1.54, 1.807) is 18.2 Å². The first-order valence-electron chi connectivity index (χ1n) is 9.27. The van der Waals surface area contributed by atoms with Crippen molar-refractivity contribution in [1.82, 2.24) is 0 Å². The average Bonchev–Trinajstić information content (AvgIpc) is 3.15. The number of carbonyl (C=O) groups is 2. The standard InChI is InChI=1S/C20H24O5/c21-17(15-4-5-18-19(10-15)24-7-1-6-23-18)12-25-20(22)11-16-9-13-2-3-14(16)8-13/h4-5,10,13-14,16H,1-3,6-9,11-12H2/t13-,14+,16-/m0/s1. The summed E-state index contributed by atoms with van der Waals surface area (Å²) in [5.74, 6) is 2.73. The van der Waals surface area contributed by atoms with Crippen molar-refractivity contribution in [2.75, 3.05) is 19.8 Å². The second-order valence-corrected chi connectivity index (χ2v) is 7.43. The smallest absolute Gasteiger partial charge is 0.306 e. The summed E-state index contributed by atoms with van der Waals surface area (Å²) in [5, 5.41) is 0. The van der Waals surface area contributed by atoms with Crippen LogP contribution in [0, 0.1) is 17.8 Å². The number of ether oxygens (including phenoxy) is 3. The molecule has 134 valence electrons. The first kappa shape index (κ1) is 16.4. The fourth-order valence-electron chi connectivity index (χ4n) is 4.47. The predicted molar refractivity (Wildman–Crippen MR) is 90.9 cm³/mol. The van der Waals surface area contributed by atoms with Gasteiger partial charge < -0.3 is 14.2 Å². The molecule has 0 N–H and O–H groups in total. The second kappa shape index (κ2) is 7.06. The third kappa shape index (κ3) is 3.65. The zero-order chi connectivity index (χ0) is 17.2. The highest BCUT2D eigenvalue weighted by Crippen LogP contribution is 2.49. The molecule has 1 aromatic rings. The Labute approximate surface area is 147 Å². The van der Waals surface area contributed by atoms with Crippen LogP contribution in [0.2, 0.25) is 0 Å². The minimum absolute atomic E-state index is 0.209. The van der Waals surface area contributed by atoms with Crippen molar-refractivity contribution in [3.63, 3.8) is 0 Å². The molecule has 1 aliphatic heterocycles. The number of ketones is 1. The van der Waals surface area contributed by atoms with E-state index in [-0.39, 0.29) is 18.4 Å². The molecule has 2 bridgehead atoms. The minimum Gasteiger partial charge on any atom is -0.490 e. The monoisotopic (exact) mass is 344 g/mol. The molecule has 3 aliphatic rings. The van der Waals surface area contributed by atoms with Crippen molar-refractivity contribution in [1.29, 1.82) is 0 Å². The Kier molecular flexibility index (Phi) is 4.64. The zero-order valence-corrected chi connectivity index (χ0v) is 14.4. The van der Waals surface area contributed by atoms with Crippen molar-refractivity contribution in [3.05, 3.63) is 23.8 Å². The zero-order valence-electron chi connectivity index (χ0n) is 14.4. The maximum Gasteiger partial charge on any atom is 0.306 e. The van der Waals surface area contributed by atoms with Crippen LogP contribution in [-0.2, 0) is 9.53 Å². The highest BCUT2D eigenvalue weighted by Gasteiger charge is 2.40. The van der Waals surface area contributed by atoms with Gasteiger partial charge in [-0.2, -0.15) is 0 Å². The topological polar surface area (TPSA) is 61.8 Å². The Bertz CT molecular complexity index is 668. The van der Waals surface area contributed by atoms with E-state index in [9.17, 15) is 9.59 Å². The third-order valence-corrected chi connectivity index (χ3v) is 5.75. The van der Waals surface area contributed by atoms with Gasteiger partial charge in [-0.15, -0.1) is 0 Å². The molecular weight excluding hydrogens is 320 g/mol. The number of fused-ring (bicyclic) bond motifs is 3. The lowest BCUT2D eigenvalue weighted by molar-refractivity contribution is -0.144. The van der Waals surface area contributed by atoms with Crippen LogP contribution in [0.15, 0.2) is 18.2 Å². The van der Waals surface area contributed by atoms with Gasteiger partial charge in [-0.1, -0.05) is 6.42 Å². The van der Waals surface area contributed by atoms with E-state index in [1.165, 1.54) is 19.3 Å². The van der Waals surface area contributed by atoms with E-state index in [4.69, 9.17) is 14.2 Å². The molecule has 1 aromatic carbocycles. The van der Waals surface area contributed by atoms with E-state index in [0.29, 0.717) is 48.5 Å². The molecule has 5 nitrogen and oxygen atoms in total. The first-order chi connectivity index (χ1) is 12.2. The van der Waals surface area contributed by atoms with Gasteiger partial charge in [0.2, 0.25) is 0 Å². The SMILES string of the molecule is O=C(C[C@@H]1C[C@H]2CC[C@@H]1C2)OCC(=O)c1ccc2c(c1)OCCCO2. The van der Waals surface area contributed by atoms with Crippen LogP contribution >= 0.6 is 0 Å². The number of Topliss-reactive ketones (excluding diaryl/α,β-unsaturated/α-hetero) is 1. The van der Waals surface area contributed by atoms with Crippen LogP contribution in [0.5, 0.6) is 11.5 Å². The maximum atomic E-state index is 12.3. The van der Waals surface area contributed by atoms with Crippen LogP contribution in [-0.4, -0.2) is 31.6 Å². The molecule has 1 heterocycles. The van der Waals surface area contributed by atoms with Crippen LogP contribution in [0.25, 0.3) is 0 Å². The maximum absolute atomic E-state index is 12.3. The molecule has 0 radical (unpaired) electrons. The Hall–Kier alpha value is -2.04. The van der Waals surface area contributed by atoms with Gasteiger partial charge in [0.25, 0.3) is 0 Å². The van der Waals surface area contributed by atoms with Gasteiger partial charge in [-0.3, -0.25) is 9.59 Å². The number of carbonyl (C=O) groups excluding carboxylic acids is 2. The van der Waals surface area contributed by atoms with Gasteiger partial charge in [0.1, 0.15) is 0 Å². The fraction of sp³-hybridized carbons (Fsp3) is 0.600.